The van der Waals surface area contributed by atoms with Gasteiger partial charge in [-0.25, -0.2) is 0 Å². The third-order valence-corrected chi connectivity index (χ3v) is 7.12. The summed E-state index contributed by atoms with van der Waals surface area (Å²) < 4.78 is 0. The number of aryl methyl sites for hydroxylation is 3. The lowest BCUT2D eigenvalue weighted by Crippen LogP contribution is -2.06. The van der Waals surface area contributed by atoms with Crippen molar-refractivity contribution >= 4 is 11.3 Å². The summed E-state index contributed by atoms with van der Waals surface area (Å²) in [6.45, 7) is 21.6. The van der Waals surface area contributed by atoms with Crippen molar-refractivity contribution in [1.29, 1.82) is 0 Å². The van der Waals surface area contributed by atoms with Crippen LogP contribution in [0, 0.1) is 26.7 Å². The third-order valence-electron chi connectivity index (χ3n) is 7.12. The van der Waals surface area contributed by atoms with E-state index in [1.807, 2.05) is 6.92 Å². The molecular weight excluding hydrogens is 398 g/mol. The van der Waals surface area contributed by atoms with E-state index in [1.54, 1.807) is 0 Å². The normalized spacial score (nSPS) is 12.6. The summed E-state index contributed by atoms with van der Waals surface area (Å²) >= 11 is 0. The third kappa shape index (κ3) is 9.78. The number of nitrogen functional groups attached to an aromatic ring is 1. The van der Waals surface area contributed by atoms with Gasteiger partial charge in [0.15, 0.2) is 0 Å². The monoisotopic (exact) mass is 449 g/mol. The van der Waals surface area contributed by atoms with Crippen LogP contribution in [-0.2, 0) is 6.42 Å². The van der Waals surface area contributed by atoms with Crippen LogP contribution in [0.5, 0.6) is 0 Å². The number of hydrogen-bond donors (Lipinski definition) is 1. The van der Waals surface area contributed by atoms with Gasteiger partial charge < -0.3 is 5.73 Å². The Bertz CT molecular complexity index is 861. The summed E-state index contributed by atoms with van der Waals surface area (Å²) in [5.74, 6) is 1.41. The van der Waals surface area contributed by atoms with Crippen molar-refractivity contribution in [2.75, 3.05) is 5.73 Å². The Hall–Kier alpha value is -2.02. The first-order chi connectivity index (χ1) is 15.6. The molecule has 33 heavy (non-hydrogen) atoms. The van der Waals surface area contributed by atoms with Gasteiger partial charge in [0.2, 0.25) is 0 Å². The number of nitrogens with two attached hydrogens (primary N) is 1. The van der Waals surface area contributed by atoms with E-state index in [-0.39, 0.29) is 0 Å². The van der Waals surface area contributed by atoms with Gasteiger partial charge in [0, 0.05) is 5.69 Å². The molecule has 0 spiro atoms. The lowest BCUT2D eigenvalue weighted by molar-refractivity contribution is 0.449. The number of unbranched alkanes of at least 4 members (excludes halogenated alkanes) is 2. The molecule has 2 aromatic rings. The Labute approximate surface area is 205 Å². The minimum absolute atomic E-state index is 0.572. The van der Waals surface area contributed by atoms with Gasteiger partial charge in [0.25, 0.3) is 0 Å². The minimum Gasteiger partial charge on any atom is -0.398 e. The maximum absolute atomic E-state index is 6.45. The van der Waals surface area contributed by atoms with E-state index in [1.165, 1.54) is 84.7 Å². The molecule has 0 fully saturated rings. The number of anilines is 1. The zero-order valence-corrected chi connectivity index (χ0v) is 23.0. The smallest absolute Gasteiger partial charge is 0.0381 e. The van der Waals surface area contributed by atoms with Crippen molar-refractivity contribution in [3.63, 3.8) is 0 Å². The highest BCUT2D eigenvalue weighted by molar-refractivity contribution is 5.62. The van der Waals surface area contributed by atoms with Gasteiger partial charge in [-0.3, -0.25) is 0 Å². The van der Waals surface area contributed by atoms with Crippen LogP contribution >= 0.6 is 0 Å². The summed E-state index contributed by atoms with van der Waals surface area (Å²) in [5.41, 5.74) is 16.7. The molecule has 2 aromatic carbocycles. The molecule has 2 N–H and O–H groups in total. The molecule has 0 aliphatic rings. The quantitative estimate of drug-likeness (QED) is 0.268. The fourth-order valence-electron chi connectivity index (χ4n) is 4.39. The largest absolute Gasteiger partial charge is 0.398 e. The molecule has 0 bridgehead atoms. The molecule has 0 aliphatic carbocycles. The van der Waals surface area contributed by atoms with Crippen LogP contribution in [0.3, 0.4) is 0 Å². The Morgan fingerprint density at radius 2 is 1.58 bits per heavy atom. The first-order valence-electron chi connectivity index (χ1n) is 13.2. The van der Waals surface area contributed by atoms with Crippen LogP contribution in [0.25, 0.3) is 5.57 Å². The molecule has 0 heterocycles. The summed E-state index contributed by atoms with van der Waals surface area (Å²) in [6.07, 6.45) is 10.2. The Morgan fingerprint density at radius 3 is 2.15 bits per heavy atom. The van der Waals surface area contributed by atoms with Crippen LogP contribution in [0.4, 0.5) is 5.69 Å². The van der Waals surface area contributed by atoms with E-state index in [9.17, 15) is 0 Å². The van der Waals surface area contributed by atoms with Gasteiger partial charge in [0.05, 0.1) is 0 Å². The fourth-order valence-corrected chi connectivity index (χ4v) is 4.39. The van der Waals surface area contributed by atoms with Crippen LogP contribution in [0.1, 0.15) is 119 Å². The van der Waals surface area contributed by atoms with E-state index in [0.29, 0.717) is 5.92 Å². The lowest BCUT2D eigenvalue weighted by Gasteiger charge is -2.20. The van der Waals surface area contributed by atoms with Gasteiger partial charge in [-0.2, -0.15) is 0 Å². The van der Waals surface area contributed by atoms with Crippen LogP contribution in [0.15, 0.2) is 36.9 Å². The minimum atomic E-state index is 0.572. The van der Waals surface area contributed by atoms with Crippen LogP contribution < -0.4 is 5.73 Å². The van der Waals surface area contributed by atoms with E-state index >= 15 is 0 Å². The summed E-state index contributed by atoms with van der Waals surface area (Å²) in [7, 11) is 0. The topological polar surface area (TPSA) is 26.0 Å². The second-order valence-corrected chi connectivity index (χ2v) is 10.3. The van der Waals surface area contributed by atoms with Gasteiger partial charge >= 0.3 is 0 Å². The van der Waals surface area contributed by atoms with E-state index in [4.69, 9.17) is 5.73 Å². The second kappa shape index (κ2) is 15.0. The maximum Gasteiger partial charge on any atom is 0.0381 e. The molecule has 2 unspecified atom stereocenters. The second-order valence-electron chi connectivity index (χ2n) is 10.3. The Balaban J connectivity index is 0.000000412. The van der Waals surface area contributed by atoms with Gasteiger partial charge in [-0.05, 0) is 92.2 Å². The Morgan fingerprint density at radius 1 is 0.879 bits per heavy atom. The highest BCUT2D eigenvalue weighted by Crippen LogP contribution is 2.32. The standard InChI is InChI=1S/C21H37N.C11H14/c1-6-8-9-11-19-14-15-20(21(22)18(19)5)17(4)13-12-16(3)10-7-2;1-8(2)11-6-5-9(3)10(4)7-11/h14-17H,6-13,22H2,1-5H3;5-7H,1H2,2-4H3. The number of rotatable bonds is 11. The average Bonchev–Trinajstić information content (AvgIpc) is 2.77. The summed E-state index contributed by atoms with van der Waals surface area (Å²) in [6, 6.07) is 11.0. The zero-order chi connectivity index (χ0) is 25.0. The molecule has 184 valence electrons. The first-order valence-corrected chi connectivity index (χ1v) is 13.2. The van der Waals surface area contributed by atoms with E-state index in [0.717, 1.165) is 17.2 Å². The lowest BCUT2D eigenvalue weighted by atomic mass is 9.87. The average molecular weight is 450 g/mol. The van der Waals surface area contributed by atoms with Crippen molar-refractivity contribution < 1.29 is 0 Å². The molecule has 0 aromatic heterocycles. The first kappa shape index (κ1) is 29.0. The van der Waals surface area contributed by atoms with Crippen molar-refractivity contribution in [3.05, 3.63) is 70.3 Å². The molecule has 2 rings (SSSR count). The molecule has 2 atom stereocenters. The number of hydrogen-bond acceptors (Lipinski definition) is 1. The van der Waals surface area contributed by atoms with Crippen molar-refractivity contribution in [3.8, 4) is 0 Å². The summed E-state index contributed by atoms with van der Waals surface area (Å²) in [4.78, 5) is 0. The predicted octanol–water partition coefficient (Wildman–Crippen LogP) is 9.97. The number of benzene rings is 2. The molecule has 1 heteroatoms. The fraction of sp³-hybridized carbons (Fsp3) is 0.562. The van der Waals surface area contributed by atoms with Crippen LogP contribution in [0.2, 0.25) is 0 Å². The highest BCUT2D eigenvalue weighted by atomic mass is 14.6. The molecule has 0 amide bonds. The van der Waals surface area contributed by atoms with Crippen molar-refractivity contribution in [1.82, 2.24) is 0 Å². The van der Waals surface area contributed by atoms with Gasteiger partial charge in [-0.15, -0.1) is 0 Å². The SMILES string of the molecule is C=C(C)c1ccc(C)c(C)c1.CCCCCc1ccc(C(C)CCC(C)CCC)c(N)c1C. The highest BCUT2D eigenvalue weighted by Gasteiger charge is 2.14. The Kier molecular flexibility index (Phi) is 13.2. The molecule has 1 nitrogen and oxygen atoms in total. The maximum atomic E-state index is 6.45. The van der Waals surface area contributed by atoms with E-state index in [2.05, 4.69) is 85.4 Å². The van der Waals surface area contributed by atoms with E-state index < -0.39 is 0 Å². The van der Waals surface area contributed by atoms with Gasteiger partial charge in [-0.1, -0.05) is 102 Å². The van der Waals surface area contributed by atoms with Crippen molar-refractivity contribution in [2.45, 2.75) is 113 Å². The molecular formula is C32H51N. The molecule has 0 radical (unpaired) electrons. The zero-order valence-electron chi connectivity index (χ0n) is 23.0. The predicted molar refractivity (Wildman–Crippen MR) is 151 cm³/mol. The van der Waals surface area contributed by atoms with Crippen LogP contribution in [-0.4, -0.2) is 0 Å². The molecule has 0 saturated carbocycles. The molecule has 0 aliphatic heterocycles. The number of allylic oxidation sites excluding steroid dienone is 1. The van der Waals surface area contributed by atoms with Crippen molar-refractivity contribution in [2.24, 2.45) is 5.92 Å². The molecule has 0 saturated heterocycles. The summed E-state index contributed by atoms with van der Waals surface area (Å²) in [5, 5.41) is 0. The van der Waals surface area contributed by atoms with Gasteiger partial charge in [0.1, 0.15) is 0 Å².